The summed E-state index contributed by atoms with van der Waals surface area (Å²) in [4.78, 5) is 37.3. The Kier molecular flexibility index (Phi) is 10.2. The van der Waals surface area contributed by atoms with Gasteiger partial charge in [-0.2, -0.15) is 0 Å². The van der Waals surface area contributed by atoms with Gasteiger partial charge >= 0.3 is 6.09 Å². The molecule has 0 saturated carbocycles. The molecule has 38 heavy (non-hydrogen) atoms. The zero-order valence-corrected chi connectivity index (χ0v) is 21.7. The Morgan fingerprint density at radius 2 is 1.53 bits per heavy atom. The first-order valence-electron chi connectivity index (χ1n) is 13.2. The lowest BCUT2D eigenvalue weighted by Crippen LogP contribution is -2.47. The van der Waals surface area contributed by atoms with Crippen molar-refractivity contribution < 1.29 is 14.7 Å². The van der Waals surface area contributed by atoms with Crippen molar-refractivity contribution >= 4 is 17.7 Å². The molecule has 2 fully saturated rings. The molecule has 2 amide bonds. The van der Waals surface area contributed by atoms with Gasteiger partial charge in [-0.05, 0) is 67.9 Å². The maximum Gasteiger partial charge on any atom is 0.407 e. The Morgan fingerprint density at radius 3 is 2.16 bits per heavy atom. The molecule has 0 radical (unpaired) electrons. The van der Waals surface area contributed by atoms with Gasteiger partial charge in [0.05, 0.1) is 17.6 Å². The summed E-state index contributed by atoms with van der Waals surface area (Å²) in [7, 11) is 0. The van der Waals surface area contributed by atoms with Crippen LogP contribution in [0.3, 0.4) is 0 Å². The minimum atomic E-state index is -0.822. The van der Waals surface area contributed by atoms with Gasteiger partial charge in [0.15, 0.2) is 0 Å². The molecule has 200 valence electrons. The van der Waals surface area contributed by atoms with Gasteiger partial charge in [-0.15, -0.1) is 0 Å². The first kappa shape index (κ1) is 27.2. The Hall–Kier alpha value is -3.82. The van der Waals surface area contributed by atoms with Crippen LogP contribution < -0.4 is 5.32 Å². The van der Waals surface area contributed by atoms with Crippen LogP contribution in [0.1, 0.15) is 40.9 Å². The maximum absolute atomic E-state index is 12.2. The highest BCUT2D eigenvalue weighted by Crippen LogP contribution is 2.14. The van der Waals surface area contributed by atoms with E-state index < -0.39 is 6.09 Å². The van der Waals surface area contributed by atoms with E-state index in [9.17, 15) is 9.59 Å². The molecule has 0 atom stereocenters. The Labute approximate surface area is 224 Å². The number of carbonyl (C=O) groups excluding carboxylic acids is 1. The highest BCUT2D eigenvalue weighted by molar-refractivity contribution is 6.04. The average Bonchev–Trinajstić information content (AvgIpc) is 2.96. The third-order valence-electron chi connectivity index (χ3n) is 6.74. The van der Waals surface area contributed by atoms with Crippen LogP contribution in [0.5, 0.6) is 0 Å². The van der Waals surface area contributed by atoms with E-state index in [4.69, 9.17) is 5.11 Å². The zero-order valence-electron chi connectivity index (χ0n) is 21.7. The second-order valence-electron chi connectivity index (χ2n) is 9.60. The SMILES string of the molecule is O=C(Nc1cccnc1)c1ccc(CN2CCCCC2)cc1.O=C(O)N1CCN(Cc2ccccn2)CC1. The average molecular weight is 517 g/mol. The number of amides is 2. The highest BCUT2D eigenvalue weighted by atomic mass is 16.4. The van der Waals surface area contributed by atoms with E-state index in [0.29, 0.717) is 24.3 Å². The van der Waals surface area contributed by atoms with Crippen LogP contribution in [0, 0.1) is 0 Å². The number of piperidine rings is 1. The molecule has 4 heterocycles. The number of nitrogens with zero attached hydrogens (tertiary/aromatic N) is 5. The van der Waals surface area contributed by atoms with Crippen molar-refractivity contribution in [3.8, 4) is 0 Å². The number of carbonyl (C=O) groups is 2. The third kappa shape index (κ3) is 8.64. The monoisotopic (exact) mass is 516 g/mol. The molecule has 2 aliphatic rings. The minimum absolute atomic E-state index is 0.0995. The lowest BCUT2D eigenvalue weighted by molar-refractivity contribution is 0.102. The van der Waals surface area contributed by atoms with Gasteiger partial charge in [-0.25, -0.2) is 4.79 Å². The molecule has 0 aliphatic carbocycles. The summed E-state index contributed by atoms with van der Waals surface area (Å²) in [5, 5.41) is 11.7. The van der Waals surface area contributed by atoms with Crippen molar-refractivity contribution in [3.63, 3.8) is 0 Å². The number of aromatic nitrogens is 2. The van der Waals surface area contributed by atoms with Crippen molar-refractivity contribution in [3.05, 3.63) is 90.0 Å². The largest absolute Gasteiger partial charge is 0.465 e. The van der Waals surface area contributed by atoms with Crippen molar-refractivity contribution in [2.75, 3.05) is 44.6 Å². The molecule has 0 unspecified atom stereocenters. The van der Waals surface area contributed by atoms with E-state index in [1.807, 2.05) is 48.5 Å². The van der Waals surface area contributed by atoms with Gasteiger partial charge in [0.25, 0.3) is 5.91 Å². The highest BCUT2D eigenvalue weighted by Gasteiger charge is 2.20. The summed E-state index contributed by atoms with van der Waals surface area (Å²) in [6.07, 6.45) is 8.23. The molecule has 9 nitrogen and oxygen atoms in total. The number of anilines is 1. The van der Waals surface area contributed by atoms with Crippen LogP contribution >= 0.6 is 0 Å². The zero-order chi connectivity index (χ0) is 26.6. The van der Waals surface area contributed by atoms with E-state index in [1.54, 1.807) is 24.7 Å². The number of piperazine rings is 1. The number of likely N-dealkylation sites (tertiary alicyclic amines) is 1. The van der Waals surface area contributed by atoms with E-state index >= 15 is 0 Å². The molecule has 2 aliphatic heterocycles. The summed E-state index contributed by atoms with van der Waals surface area (Å²) >= 11 is 0. The van der Waals surface area contributed by atoms with Crippen LogP contribution in [-0.4, -0.2) is 81.0 Å². The molecular weight excluding hydrogens is 480 g/mol. The van der Waals surface area contributed by atoms with Crippen LogP contribution in [0.25, 0.3) is 0 Å². The Balaban J connectivity index is 0.000000186. The molecule has 2 saturated heterocycles. The molecule has 0 bridgehead atoms. The molecule has 1 aromatic carbocycles. The third-order valence-corrected chi connectivity index (χ3v) is 6.74. The summed E-state index contributed by atoms with van der Waals surface area (Å²) in [5.41, 5.74) is 3.68. The number of hydrogen-bond donors (Lipinski definition) is 2. The second kappa shape index (κ2) is 14.2. The normalized spacial score (nSPS) is 16.3. The molecule has 9 heteroatoms. The summed E-state index contributed by atoms with van der Waals surface area (Å²) < 4.78 is 0. The van der Waals surface area contributed by atoms with Crippen LogP contribution in [0.2, 0.25) is 0 Å². The first-order valence-corrected chi connectivity index (χ1v) is 13.2. The van der Waals surface area contributed by atoms with Crippen LogP contribution in [-0.2, 0) is 13.1 Å². The predicted octanol–water partition coefficient (Wildman–Crippen LogP) is 4.20. The Bertz CT molecular complexity index is 1130. The Morgan fingerprint density at radius 1 is 0.789 bits per heavy atom. The van der Waals surface area contributed by atoms with Crippen LogP contribution in [0.15, 0.2) is 73.2 Å². The van der Waals surface area contributed by atoms with Crippen molar-refractivity contribution in [2.24, 2.45) is 0 Å². The van der Waals surface area contributed by atoms with E-state index in [-0.39, 0.29) is 5.91 Å². The van der Waals surface area contributed by atoms with Gasteiger partial charge in [0.1, 0.15) is 0 Å². The summed E-state index contributed by atoms with van der Waals surface area (Å²) in [6, 6.07) is 17.4. The number of benzene rings is 1. The smallest absolute Gasteiger partial charge is 0.407 e. The molecule has 0 spiro atoms. The quantitative estimate of drug-likeness (QED) is 0.506. The van der Waals surface area contributed by atoms with Crippen molar-refractivity contribution in [1.82, 2.24) is 24.7 Å². The molecular formula is C29H36N6O3. The number of hydrogen-bond acceptors (Lipinski definition) is 6. The first-order chi connectivity index (χ1) is 18.6. The standard InChI is InChI=1S/C18H21N3O.C11H15N3O2/c22-18(20-17-5-4-10-19-13-17)16-8-6-15(7-9-16)14-21-11-2-1-3-12-21;15-11(16)14-7-5-13(6-8-14)9-10-3-1-2-4-12-10/h4-10,13H,1-3,11-12,14H2,(H,20,22);1-4H,5-9H2,(H,15,16). The van der Waals surface area contributed by atoms with E-state index in [1.165, 1.54) is 42.8 Å². The fraction of sp³-hybridized carbons (Fsp3) is 0.379. The maximum atomic E-state index is 12.2. The van der Waals surface area contributed by atoms with Crippen molar-refractivity contribution in [2.45, 2.75) is 32.4 Å². The number of pyridine rings is 2. The van der Waals surface area contributed by atoms with Gasteiger partial charge in [0.2, 0.25) is 0 Å². The molecule has 5 rings (SSSR count). The lowest BCUT2D eigenvalue weighted by atomic mass is 10.1. The van der Waals surface area contributed by atoms with Crippen LogP contribution in [0.4, 0.5) is 10.5 Å². The predicted molar refractivity (Wildman–Crippen MR) is 147 cm³/mol. The topological polar surface area (TPSA) is 102 Å². The number of nitrogens with one attached hydrogen (secondary N) is 1. The van der Waals surface area contributed by atoms with E-state index in [0.717, 1.165) is 31.9 Å². The van der Waals surface area contributed by atoms with Gasteiger partial charge in [-0.3, -0.25) is 24.6 Å². The number of rotatable bonds is 6. The van der Waals surface area contributed by atoms with Crippen molar-refractivity contribution in [1.29, 1.82) is 0 Å². The minimum Gasteiger partial charge on any atom is -0.465 e. The molecule has 2 aromatic heterocycles. The van der Waals surface area contributed by atoms with E-state index in [2.05, 4.69) is 25.1 Å². The summed E-state index contributed by atoms with van der Waals surface area (Å²) in [5.74, 6) is -0.0995. The fourth-order valence-electron chi connectivity index (χ4n) is 4.60. The lowest BCUT2D eigenvalue weighted by Gasteiger charge is -2.32. The number of carboxylic acid groups (broad SMARTS) is 1. The van der Waals surface area contributed by atoms with Gasteiger partial charge in [0, 0.05) is 57.2 Å². The molecule has 2 N–H and O–H groups in total. The molecule has 3 aromatic rings. The van der Waals surface area contributed by atoms with Gasteiger partial charge < -0.3 is 15.3 Å². The van der Waals surface area contributed by atoms with Gasteiger partial charge in [-0.1, -0.05) is 24.6 Å². The second-order valence-corrected chi connectivity index (χ2v) is 9.60. The summed E-state index contributed by atoms with van der Waals surface area (Å²) in [6.45, 7) is 6.88. The fourth-order valence-corrected chi connectivity index (χ4v) is 4.60.